The van der Waals surface area contributed by atoms with Gasteiger partial charge in [-0.15, -0.1) is 0 Å². The monoisotopic (exact) mass is 202 g/mol. The van der Waals surface area contributed by atoms with Crippen molar-refractivity contribution in [2.24, 2.45) is 11.7 Å². The van der Waals surface area contributed by atoms with Crippen molar-refractivity contribution in [3.63, 3.8) is 0 Å². The number of hydrogen-bond acceptors (Lipinski definition) is 2. The molecule has 0 saturated heterocycles. The third-order valence-electron chi connectivity index (χ3n) is 3.62. The van der Waals surface area contributed by atoms with Crippen molar-refractivity contribution >= 4 is 5.69 Å². The molecule has 2 aliphatic rings. The number of benzene rings is 1. The number of nitrogens with two attached hydrogens (primary N) is 1. The summed E-state index contributed by atoms with van der Waals surface area (Å²) in [4.78, 5) is 2.55. The van der Waals surface area contributed by atoms with Crippen LogP contribution < -0.4 is 10.6 Å². The first-order valence-corrected chi connectivity index (χ1v) is 5.94. The average molecular weight is 202 g/mol. The Morgan fingerprint density at radius 2 is 2.20 bits per heavy atom. The predicted octanol–water partition coefficient (Wildman–Crippen LogP) is 1.92. The second-order valence-electron chi connectivity index (χ2n) is 4.76. The van der Waals surface area contributed by atoms with Crippen LogP contribution in [0.25, 0.3) is 0 Å². The lowest BCUT2D eigenvalue weighted by Crippen LogP contribution is -2.22. The fourth-order valence-corrected chi connectivity index (χ4v) is 2.57. The molecule has 0 atom stereocenters. The van der Waals surface area contributed by atoms with Crippen LogP contribution in [0.2, 0.25) is 0 Å². The lowest BCUT2D eigenvalue weighted by Gasteiger charge is -2.19. The summed E-state index contributed by atoms with van der Waals surface area (Å²) in [5.74, 6) is 0.970. The molecule has 2 nitrogen and oxygen atoms in total. The number of rotatable bonds is 3. The summed E-state index contributed by atoms with van der Waals surface area (Å²) in [5, 5.41) is 0. The highest BCUT2D eigenvalue weighted by molar-refractivity contribution is 5.61. The largest absolute Gasteiger partial charge is 0.371 e. The van der Waals surface area contributed by atoms with Crippen LogP contribution in [-0.4, -0.2) is 13.1 Å². The zero-order chi connectivity index (χ0) is 10.3. The fraction of sp³-hybridized carbons (Fsp3) is 0.538. The van der Waals surface area contributed by atoms with Gasteiger partial charge in [-0.1, -0.05) is 12.1 Å². The zero-order valence-corrected chi connectivity index (χ0v) is 9.08. The molecule has 0 aromatic heterocycles. The molecule has 1 heterocycles. The molecule has 1 fully saturated rings. The van der Waals surface area contributed by atoms with Crippen molar-refractivity contribution in [3.8, 4) is 0 Å². The highest BCUT2D eigenvalue weighted by Crippen LogP contribution is 2.36. The SMILES string of the molecule is NCc1cccc2c1CCN2CC1CC1. The van der Waals surface area contributed by atoms with Gasteiger partial charge in [0.1, 0.15) is 0 Å². The van der Waals surface area contributed by atoms with Crippen LogP contribution in [0.5, 0.6) is 0 Å². The molecule has 2 heteroatoms. The summed E-state index contributed by atoms with van der Waals surface area (Å²) >= 11 is 0. The van der Waals surface area contributed by atoms with E-state index in [1.165, 1.54) is 49.2 Å². The minimum Gasteiger partial charge on any atom is -0.371 e. The molecule has 80 valence electrons. The molecule has 0 unspecified atom stereocenters. The zero-order valence-electron chi connectivity index (χ0n) is 9.08. The van der Waals surface area contributed by atoms with E-state index in [4.69, 9.17) is 5.73 Å². The van der Waals surface area contributed by atoms with Crippen molar-refractivity contribution in [1.82, 2.24) is 0 Å². The van der Waals surface area contributed by atoms with Crippen LogP contribution in [0.3, 0.4) is 0 Å². The van der Waals surface area contributed by atoms with Gasteiger partial charge in [0.05, 0.1) is 0 Å². The Kier molecular flexibility index (Phi) is 2.17. The highest BCUT2D eigenvalue weighted by Gasteiger charge is 2.28. The van der Waals surface area contributed by atoms with Crippen molar-refractivity contribution in [1.29, 1.82) is 0 Å². The maximum atomic E-state index is 5.76. The first-order valence-electron chi connectivity index (χ1n) is 5.94. The summed E-state index contributed by atoms with van der Waals surface area (Å²) < 4.78 is 0. The van der Waals surface area contributed by atoms with E-state index in [2.05, 4.69) is 23.1 Å². The average Bonchev–Trinajstić information content (AvgIpc) is 2.99. The van der Waals surface area contributed by atoms with Crippen LogP contribution in [0.4, 0.5) is 5.69 Å². The van der Waals surface area contributed by atoms with Gasteiger partial charge in [-0.05, 0) is 42.4 Å². The molecule has 15 heavy (non-hydrogen) atoms. The van der Waals surface area contributed by atoms with Gasteiger partial charge in [-0.25, -0.2) is 0 Å². The first kappa shape index (κ1) is 9.22. The van der Waals surface area contributed by atoms with Crippen LogP contribution in [0.15, 0.2) is 18.2 Å². The fourth-order valence-electron chi connectivity index (χ4n) is 2.57. The van der Waals surface area contributed by atoms with Crippen molar-refractivity contribution < 1.29 is 0 Å². The van der Waals surface area contributed by atoms with E-state index in [1.54, 1.807) is 0 Å². The standard InChI is InChI=1S/C13H18N2/c14-8-11-2-1-3-13-12(11)6-7-15(13)9-10-4-5-10/h1-3,10H,4-9,14H2. The molecule has 1 aromatic carbocycles. The van der Waals surface area contributed by atoms with E-state index in [9.17, 15) is 0 Å². The summed E-state index contributed by atoms with van der Waals surface area (Å²) in [6.45, 7) is 3.14. The molecule has 0 amide bonds. The summed E-state index contributed by atoms with van der Waals surface area (Å²) in [7, 11) is 0. The van der Waals surface area contributed by atoms with Crippen LogP contribution in [0.1, 0.15) is 24.0 Å². The molecular weight excluding hydrogens is 184 g/mol. The summed E-state index contributed by atoms with van der Waals surface area (Å²) in [5.41, 5.74) is 10.1. The Balaban J connectivity index is 1.88. The molecule has 0 radical (unpaired) electrons. The van der Waals surface area contributed by atoms with E-state index >= 15 is 0 Å². The Labute approximate surface area is 91.1 Å². The van der Waals surface area contributed by atoms with Gasteiger partial charge in [0, 0.05) is 25.3 Å². The number of anilines is 1. The Hall–Kier alpha value is -1.02. The minimum atomic E-state index is 0.681. The summed E-state index contributed by atoms with van der Waals surface area (Å²) in [6.07, 6.45) is 4.06. The van der Waals surface area contributed by atoms with Crippen molar-refractivity contribution in [2.75, 3.05) is 18.0 Å². The van der Waals surface area contributed by atoms with Gasteiger partial charge >= 0.3 is 0 Å². The molecule has 3 rings (SSSR count). The third-order valence-corrected chi connectivity index (χ3v) is 3.62. The molecule has 0 bridgehead atoms. The normalized spacial score (nSPS) is 19.4. The topological polar surface area (TPSA) is 29.3 Å². The van der Waals surface area contributed by atoms with Crippen molar-refractivity contribution in [3.05, 3.63) is 29.3 Å². The van der Waals surface area contributed by atoms with E-state index < -0.39 is 0 Å². The van der Waals surface area contributed by atoms with Crippen LogP contribution in [0, 0.1) is 5.92 Å². The minimum absolute atomic E-state index is 0.681. The van der Waals surface area contributed by atoms with Gasteiger partial charge in [0.15, 0.2) is 0 Å². The number of fused-ring (bicyclic) bond motifs is 1. The van der Waals surface area contributed by atoms with Crippen molar-refractivity contribution in [2.45, 2.75) is 25.8 Å². The van der Waals surface area contributed by atoms with Gasteiger partial charge < -0.3 is 10.6 Å². The molecule has 1 aliphatic carbocycles. The molecular formula is C13H18N2. The Bertz CT molecular complexity index is 369. The maximum Gasteiger partial charge on any atom is 0.0402 e. The van der Waals surface area contributed by atoms with Gasteiger partial charge in [0.2, 0.25) is 0 Å². The third kappa shape index (κ3) is 1.63. The van der Waals surface area contributed by atoms with Gasteiger partial charge in [0.25, 0.3) is 0 Å². The summed E-state index contributed by atoms with van der Waals surface area (Å²) in [6, 6.07) is 6.57. The van der Waals surface area contributed by atoms with E-state index in [0.717, 1.165) is 5.92 Å². The lowest BCUT2D eigenvalue weighted by molar-refractivity contribution is 0.747. The molecule has 0 spiro atoms. The lowest BCUT2D eigenvalue weighted by atomic mass is 10.1. The first-order chi connectivity index (χ1) is 7.38. The predicted molar refractivity (Wildman–Crippen MR) is 63.0 cm³/mol. The molecule has 1 saturated carbocycles. The molecule has 1 aromatic rings. The number of hydrogen-bond donors (Lipinski definition) is 1. The smallest absolute Gasteiger partial charge is 0.0402 e. The van der Waals surface area contributed by atoms with Crippen LogP contribution in [-0.2, 0) is 13.0 Å². The van der Waals surface area contributed by atoms with E-state index in [1.807, 2.05) is 0 Å². The highest BCUT2D eigenvalue weighted by atomic mass is 15.2. The van der Waals surface area contributed by atoms with Gasteiger partial charge in [-0.2, -0.15) is 0 Å². The molecule has 1 aliphatic heterocycles. The molecule has 2 N–H and O–H groups in total. The Morgan fingerprint density at radius 3 is 2.93 bits per heavy atom. The Morgan fingerprint density at radius 1 is 1.33 bits per heavy atom. The quantitative estimate of drug-likeness (QED) is 0.811. The van der Waals surface area contributed by atoms with E-state index in [0.29, 0.717) is 6.54 Å². The maximum absolute atomic E-state index is 5.76. The number of nitrogens with zero attached hydrogens (tertiary/aromatic N) is 1. The van der Waals surface area contributed by atoms with Crippen LogP contribution >= 0.6 is 0 Å². The van der Waals surface area contributed by atoms with E-state index in [-0.39, 0.29) is 0 Å². The van der Waals surface area contributed by atoms with Gasteiger partial charge in [-0.3, -0.25) is 0 Å². The second kappa shape index (κ2) is 3.53. The second-order valence-corrected chi connectivity index (χ2v) is 4.76.